The van der Waals surface area contributed by atoms with Crippen LogP contribution in [0.3, 0.4) is 0 Å². The monoisotopic (exact) mass is 246 g/mol. The summed E-state index contributed by atoms with van der Waals surface area (Å²) in [6, 6.07) is 5.73. The third-order valence-electron chi connectivity index (χ3n) is 2.88. The molecule has 0 spiro atoms. The molecule has 1 aromatic carbocycles. The van der Waals surface area contributed by atoms with Crippen LogP contribution in [0.25, 0.3) is 0 Å². The van der Waals surface area contributed by atoms with Crippen molar-refractivity contribution in [3.8, 4) is 5.75 Å². The zero-order valence-corrected chi connectivity index (χ0v) is 10.9. The van der Waals surface area contributed by atoms with Crippen molar-refractivity contribution in [3.63, 3.8) is 0 Å². The van der Waals surface area contributed by atoms with Crippen molar-refractivity contribution in [2.75, 3.05) is 0 Å². The summed E-state index contributed by atoms with van der Waals surface area (Å²) in [4.78, 5) is 4.13. The number of aromatic nitrogens is 1. The van der Waals surface area contributed by atoms with E-state index in [0.29, 0.717) is 18.2 Å². The first-order chi connectivity index (χ1) is 8.56. The minimum Gasteiger partial charge on any atom is -0.508 e. The van der Waals surface area contributed by atoms with Gasteiger partial charge in [0.1, 0.15) is 11.5 Å². The molecule has 2 aromatic rings. The lowest BCUT2D eigenvalue weighted by Crippen LogP contribution is -2.18. The molecule has 0 saturated heterocycles. The van der Waals surface area contributed by atoms with E-state index in [4.69, 9.17) is 4.42 Å². The number of hydrogen-bond acceptors (Lipinski definition) is 4. The normalized spacial score (nSPS) is 12.6. The molecule has 18 heavy (non-hydrogen) atoms. The van der Waals surface area contributed by atoms with Crippen molar-refractivity contribution >= 4 is 0 Å². The molecule has 2 N–H and O–H groups in total. The number of phenolic OH excluding ortho intramolecular Hbond substituents is 1. The topological polar surface area (TPSA) is 58.3 Å². The van der Waals surface area contributed by atoms with Crippen LogP contribution >= 0.6 is 0 Å². The van der Waals surface area contributed by atoms with Gasteiger partial charge in [-0.25, -0.2) is 4.98 Å². The molecular weight excluding hydrogens is 228 g/mol. The van der Waals surface area contributed by atoms with E-state index in [2.05, 4.69) is 10.3 Å². The molecule has 0 aliphatic heterocycles. The molecule has 96 valence electrons. The molecular formula is C14H18N2O2. The quantitative estimate of drug-likeness (QED) is 0.871. The maximum absolute atomic E-state index is 9.88. The molecule has 1 unspecified atom stereocenters. The Labute approximate surface area is 107 Å². The van der Waals surface area contributed by atoms with Gasteiger partial charge in [0.15, 0.2) is 0 Å². The Balaban J connectivity index is 2.01. The first-order valence-corrected chi connectivity index (χ1v) is 6.00. The van der Waals surface area contributed by atoms with E-state index in [-0.39, 0.29) is 6.04 Å². The summed E-state index contributed by atoms with van der Waals surface area (Å²) in [6.45, 7) is 6.37. The van der Waals surface area contributed by atoms with E-state index in [9.17, 15) is 5.11 Å². The van der Waals surface area contributed by atoms with Crippen LogP contribution in [0.1, 0.15) is 35.7 Å². The first kappa shape index (κ1) is 12.6. The Morgan fingerprint density at radius 2 is 2.17 bits per heavy atom. The summed E-state index contributed by atoms with van der Waals surface area (Å²) in [7, 11) is 0. The van der Waals surface area contributed by atoms with Crippen LogP contribution in [-0.4, -0.2) is 10.1 Å². The van der Waals surface area contributed by atoms with Crippen molar-refractivity contribution in [3.05, 3.63) is 47.2 Å². The van der Waals surface area contributed by atoms with Crippen molar-refractivity contribution < 1.29 is 9.52 Å². The Morgan fingerprint density at radius 1 is 1.39 bits per heavy atom. The molecule has 0 aliphatic carbocycles. The molecule has 0 bridgehead atoms. The van der Waals surface area contributed by atoms with Crippen LogP contribution in [-0.2, 0) is 6.54 Å². The van der Waals surface area contributed by atoms with E-state index >= 15 is 0 Å². The maximum atomic E-state index is 9.88. The van der Waals surface area contributed by atoms with Crippen molar-refractivity contribution in [2.45, 2.75) is 33.4 Å². The molecule has 0 radical (unpaired) electrons. The second-order valence-electron chi connectivity index (χ2n) is 4.53. The van der Waals surface area contributed by atoms with Gasteiger partial charge in [-0.3, -0.25) is 0 Å². The number of benzene rings is 1. The number of nitrogens with zero attached hydrogens (tertiary/aromatic N) is 1. The van der Waals surface area contributed by atoms with Crippen LogP contribution in [0.15, 0.2) is 28.8 Å². The summed E-state index contributed by atoms with van der Waals surface area (Å²) < 4.78 is 5.38. The number of aryl methyl sites for hydroxylation is 2. The number of hydrogen-bond donors (Lipinski definition) is 2. The zero-order valence-electron chi connectivity index (χ0n) is 10.9. The fourth-order valence-corrected chi connectivity index (χ4v) is 1.85. The van der Waals surface area contributed by atoms with Gasteiger partial charge in [-0.2, -0.15) is 0 Å². The van der Waals surface area contributed by atoms with Gasteiger partial charge in [0.05, 0.1) is 12.7 Å². The van der Waals surface area contributed by atoms with Crippen LogP contribution < -0.4 is 5.32 Å². The molecule has 0 aliphatic rings. The summed E-state index contributed by atoms with van der Waals surface area (Å²) in [5.74, 6) is 1.78. The molecule has 2 rings (SSSR count). The van der Waals surface area contributed by atoms with Crippen LogP contribution in [0, 0.1) is 13.8 Å². The van der Waals surface area contributed by atoms with E-state index in [0.717, 1.165) is 16.9 Å². The summed E-state index contributed by atoms with van der Waals surface area (Å²) in [5.41, 5.74) is 1.93. The van der Waals surface area contributed by atoms with E-state index < -0.39 is 0 Å². The van der Waals surface area contributed by atoms with Gasteiger partial charge < -0.3 is 14.8 Å². The lowest BCUT2D eigenvalue weighted by Gasteiger charge is -2.14. The van der Waals surface area contributed by atoms with Gasteiger partial charge >= 0.3 is 0 Å². The SMILES string of the molecule is Cc1ccc(C(C)NCc2ncc(C)o2)c(O)c1. The Hall–Kier alpha value is -1.81. The average Bonchev–Trinajstić information content (AvgIpc) is 2.72. The maximum Gasteiger partial charge on any atom is 0.208 e. The number of rotatable bonds is 4. The second kappa shape index (κ2) is 5.23. The highest BCUT2D eigenvalue weighted by atomic mass is 16.4. The Morgan fingerprint density at radius 3 is 2.78 bits per heavy atom. The van der Waals surface area contributed by atoms with Crippen molar-refractivity contribution in [1.29, 1.82) is 0 Å². The van der Waals surface area contributed by atoms with Crippen LogP contribution in [0.2, 0.25) is 0 Å². The summed E-state index contributed by atoms with van der Waals surface area (Å²) in [5, 5.41) is 13.2. The number of nitrogens with one attached hydrogen (secondary N) is 1. The average molecular weight is 246 g/mol. The van der Waals surface area contributed by atoms with Crippen LogP contribution in [0.5, 0.6) is 5.75 Å². The summed E-state index contributed by atoms with van der Waals surface area (Å²) in [6.07, 6.45) is 1.70. The molecule has 1 heterocycles. The van der Waals surface area contributed by atoms with Crippen molar-refractivity contribution in [2.24, 2.45) is 0 Å². The smallest absolute Gasteiger partial charge is 0.208 e. The van der Waals surface area contributed by atoms with Gasteiger partial charge in [-0.1, -0.05) is 12.1 Å². The molecule has 4 heteroatoms. The molecule has 4 nitrogen and oxygen atoms in total. The summed E-state index contributed by atoms with van der Waals surface area (Å²) >= 11 is 0. The second-order valence-corrected chi connectivity index (χ2v) is 4.53. The number of oxazole rings is 1. The molecule has 1 atom stereocenters. The number of aromatic hydroxyl groups is 1. The highest BCUT2D eigenvalue weighted by Gasteiger charge is 2.11. The van der Waals surface area contributed by atoms with Crippen molar-refractivity contribution in [1.82, 2.24) is 10.3 Å². The van der Waals surface area contributed by atoms with E-state index in [1.54, 1.807) is 12.3 Å². The van der Waals surface area contributed by atoms with Gasteiger partial charge in [-0.05, 0) is 32.4 Å². The van der Waals surface area contributed by atoms with E-state index in [1.807, 2.05) is 32.9 Å². The van der Waals surface area contributed by atoms with Gasteiger partial charge in [0.2, 0.25) is 5.89 Å². The Bertz CT molecular complexity index is 534. The lowest BCUT2D eigenvalue weighted by molar-refractivity contribution is 0.419. The molecule has 1 aromatic heterocycles. The predicted molar refractivity (Wildman–Crippen MR) is 69.3 cm³/mol. The highest BCUT2D eigenvalue weighted by molar-refractivity contribution is 5.37. The van der Waals surface area contributed by atoms with Gasteiger partial charge in [0.25, 0.3) is 0 Å². The molecule has 0 saturated carbocycles. The van der Waals surface area contributed by atoms with Gasteiger partial charge in [0, 0.05) is 11.6 Å². The number of phenols is 1. The zero-order chi connectivity index (χ0) is 13.1. The predicted octanol–water partition coefficient (Wildman–Crippen LogP) is 2.85. The third kappa shape index (κ3) is 2.90. The Kier molecular flexibility index (Phi) is 3.67. The minimum atomic E-state index is 0.0396. The van der Waals surface area contributed by atoms with Crippen LogP contribution in [0.4, 0.5) is 0 Å². The fraction of sp³-hybridized carbons (Fsp3) is 0.357. The van der Waals surface area contributed by atoms with Gasteiger partial charge in [-0.15, -0.1) is 0 Å². The minimum absolute atomic E-state index is 0.0396. The molecule has 0 fully saturated rings. The molecule has 0 amide bonds. The largest absolute Gasteiger partial charge is 0.508 e. The standard InChI is InChI=1S/C14H18N2O2/c1-9-4-5-12(13(17)6-9)11(3)15-8-14-16-7-10(2)18-14/h4-7,11,15,17H,8H2,1-3H3. The van der Waals surface area contributed by atoms with E-state index in [1.165, 1.54) is 0 Å². The fourth-order valence-electron chi connectivity index (χ4n) is 1.85. The highest BCUT2D eigenvalue weighted by Crippen LogP contribution is 2.25. The lowest BCUT2D eigenvalue weighted by atomic mass is 10.1. The third-order valence-corrected chi connectivity index (χ3v) is 2.88. The first-order valence-electron chi connectivity index (χ1n) is 6.00.